The minimum absolute atomic E-state index is 0.0234. The third-order valence-corrected chi connectivity index (χ3v) is 6.96. The van der Waals surface area contributed by atoms with Gasteiger partial charge in [0.25, 0.3) is 0 Å². The molecule has 136 valence electrons. The highest BCUT2D eigenvalue weighted by molar-refractivity contribution is 8.01. The van der Waals surface area contributed by atoms with E-state index >= 15 is 0 Å². The molecule has 0 aromatic heterocycles. The molecular formula is C20H28N2O2S. The summed E-state index contributed by atoms with van der Waals surface area (Å²) in [6, 6.07) is 8.10. The Kier molecular flexibility index (Phi) is 5.14. The summed E-state index contributed by atoms with van der Waals surface area (Å²) in [5.41, 5.74) is 2.42. The van der Waals surface area contributed by atoms with Gasteiger partial charge in [0.1, 0.15) is 6.04 Å². The van der Waals surface area contributed by atoms with Crippen molar-refractivity contribution in [1.82, 2.24) is 10.2 Å². The van der Waals surface area contributed by atoms with E-state index in [9.17, 15) is 9.59 Å². The molecule has 2 aliphatic heterocycles. The van der Waals surface area contributed by atoms with Gasteiger partial charge >= 0.3 is 0 Å². The molecule has 2 heterocycles. The standard InChI is InChI=1S/C20H28N2O2S/c1-5-14-6-8-15(9-7-14)18(13(2)3)21-19(24)16-12-25-20(4)11-10-17(23)22(16)20/h6-9,13,16,18H,5,10-12H2,1-4H3,(H,21,24)/t16-,18-,20+/m1/s1. The molecular weight excluding hydrogens is 332 g/mol. The maximum Gasteiger partial charge on any atom is 0.244 e. The van der Waals surface area contributed by atoms with Gasteiger partial charge in [0.2, 0.25) is 11.8 Å². The third-order valence-electron chi connectivity index (χ3n) is 5.46. The number of carbonyl (C=O) groups excluding carboxylic acids is 2. The van der Waals surface area contributed by atoms with Crippen LogP contribution in [0.3, 0.4) is 0 Å². The maximum atomic E-state index is 13.0. The first-order valence-electron chi connectivity index (χ1n) is 9.21. The fourth-order valence-corrected chi connectivity index (χ4v) is 5.29. The predicted octanol–water partition coefficient (Wildman–Crippen LogP) is 3.52. The van der Waals surface area contributed by atoms with Crippen molar-refractivity contribution in [3.05, 3.63) is 35.4 Å². The molecule has 4 nitrogen and oxygen atoms in total. The summed E-state index contributed by atoms with van der Waals surface area (Å²) in [4.78, 5) is 26.9. The Morgan fingerprint density at radius 1 is 1.36 bits per heavy atom. The number of nitrogens with one attached hydrogen (secondary N) is 1. The number of carbonyl (C=O) groups is 2. The average Bonchev–Trinajstić information content (AvgIpc) is 3.09. The van der Waals surface area contributed by atoms with Crippen LogP contribution < -0.4 is 5.32 Å². The van der Waals surface area contributed by atoms with E-state index in [-0.39, 0.29) is 34.7 Å². The molecule has 0 radical (unpaired) electrons. The van der Waals surface area contributed by atoms with Gasteiger partial charge in [-0.3, -0.25) is 9.59 Å². The van der Waals surface area contributed by atoms with Crippen molar-refractivity contribution >= 4 is 23.6 Å². The van der Waals surface area contributed by atoms with Gasteiger partial charge in [-0.15, -0.1) is 11.8 Å². The minimum atomic E-state index is -0.346. The molecule has 0 aliphatic carbocycles. The monoisotopic (exact) mass is 360 g/mol. The zero-order chi connectivity index (χ0) is 18.2. The quantitative estimate of drug-likeness (QED) is 0.874. The molecule has 3 rings (SSSR count). The minimum Gasteiger partial charge on any atom is -0.347 e. The summed E-state index contributed by atoms with van der Waals surface area (Å²) in [5.74, 6) is 1.06. The second kappa shape index (κ2) is 7.02. The van der Waals surface area contributed by atoms with E-state index in [1.807, 2.05) is 4.90 Å². The number of thioether (sulfide) groups is 1. The van der Waals surface area contributed by atoms with Gasteiger partial charge in [0.15, 0.2) is 0 Å². The zero-order valence-electron chi connectivity index (χ0n) is 15.5. The smallest absolute Gasteiger partial charge is 0.244 e. The topological polar surface area (TPSA) is 49.4 Å². The fourth-order valence-electron chi connectivity index (χ4n) is 3.86. The van der Waals surface area contributed by atoms with Crippen molar-refractivity contribution in [2.24, 2.45) is 5.92 Å². The first-order chi connectivity index (χ1) is 11.9. The van der Waals surface area contributed by atoms with Gasteiger partial charge in [0.05, 0.1) is 10.9 Å². The Bertz CT molecular complexity index is 658. The molecule has 0 saturated carbocycles. The van der Waals surface area contributed by atoms with Crippen LogP contribution in [0.15, 0.2) is 24.3 Å². The molecule has 2 aliphatic rings. The molecule has 2 saturated heterocycles. The summed E-state index contributed by atoms with van der Waals surface area (Å²) >= 11 is 1.74. The zero-order valence-corrected chi connectivity index (χ0v) is 16.4. The van der Waals surface area contributed by atoms with Crippen molar-refractivity contribution in [1.29, 1.82) is 0 Å². The molecule has 0 bridgehead atoms. The molecule has 2 fully saturated rings. The lowest BCUT2D eigenvalue weighted by molar-refractivity contribution is -0.138. The van der Waals surface area contributed by atoms with E-state index in [2.05, 4.69) is 57.3 Å². The predicted molar refractivity (Wildman–Crippen MR) is 102 cm³/mol. The molecule has 3 atom stereocenters. The van der Waals surface area contributed by atoms with Crippen LogP contribution in [-0.2, 0) is 16.0 Å². The second-order valence-corrected chi connectivity index (χ2v) is 9.09. The Morgan fingerprint density at radius 2 is 2.04 bits per heavy atom. The lowest BCUT2D eigenvalue weighted by atomic mass is 9.94. The number of aryl methyl sites for hydroxylation is 1. The van der Waals surface area contributed by atoms with Gasteiger partial charge < -0.3 is 10.2 Å². The Morgan fingerprint density at radius 3 is 2.64 bits per heavy atom. The van der Waals surface area contributed by atoms with Crippen molar-refractivity contribution in [2.75, 3.05) is 5.75 Å². The number of benzene rings is 1. The number of amides is 2. The highest BCUT2D eigenvalue weighted by atomic mass is 32.2. The van der Waals surface area contributed by atoms with Crippen LogP contribution in [0.1, 0.15) is 57.7 Å². The van der Waals surface area contributed by atoms with Crippen LogP contribution in [0.25, 0.3) is 0 Å². The number of fused-ring (bicyclic) bond motifs is 1. The summed E-state index contributed by atoms with van der Waals surface area (Å²) in [6.07, 6.45) is 2.40. The van der Waals surface area contributed by atoms with Crippen molar-refractivity contribution in [3.8, 4) is 0 Å². The SMILES string of the molecule is CCc1ccc([C@H](NC(=O)[C@H]2CS[C@@]3(C)CCC(=O)N23)C(C)C)cc1. The number of hydrogen-bond acceptors (Lipinski definition) is 3. The molecule has 5 heteroatoms. The lowest BCUT2D eigenvalue weighted by Gasteiger charge is -2.31. The number of nitrogens with zero attached hydrogens (tertiary/aromatic N) is 1. The Hall–Kier alpha value is -1.49. The Labute approximate surface area is 154 Å². The van der Waals surface area contributed by atoms with E-state index in [0.717, 1.165) is 18.4 Å². The average molecular weight is 361 g/mol. The van der Waals surface area contributed by atoms with Crippen LogP contribution in [0.2, 0.25) is 0 Å². The first-order valence-corrected chi connectivity index (χ1v) is 10.2. The van der Waals surface area contributed by atoms with Crippen molar-refractivity contribution < 1.29 is 9.59 Å². The summed E-state index contributed by atoms with van der Waals surface area (Å²) < 4.78 is 0. The summed E-state index contributed by atoms with van der Waals surface area (Å²) in [6.45, 7) is 8.46. The van der Waals surface area contributed by atoms with Gasteiger partial charge in [-0.1, -0.05) is 45.0 Å². The van der Waals surface area contributed by atoms with Gasteiger partial charge in [-0.2, -0.15) is 0 Å². The molecule has 2 amide bonds. The van der Waals surface area contributed by atoms with Crippen LogP contribution in [0, 0.1) is 5.92 Å². The molecule has 1 aromatic carbocycles. The maximum absolute atomic E-state index is 13.0. The number of rotatable bonds is 5. The van der Waals surface area contributed by atoms with Gasteiger partial charge in [-0.25, -0.2) is 0 Å². The molecule has 1 aromatic rings. The van der Waals surface area contributed by atoms with Gasteiger partial charge in [-0.05, 0) is 36.8 Å². The van der Waals surface area contributed by atoms with Gasteiger partial charge in [0, 0.05) is 12.2 Å². The fraction of sp³-hybridized carbons (Fsp3) is 0.600. The van der Waals surface area contributed by atoms with E-state index < -0.39 is 0 Å². The third kappa shape index (κ3) is 3.43. The summed E-state index contributed by atoms with van der Waals surface area (Å²) in [5, 5.41) is 3.22. The molecule has 0 spiro atoms. The Balaban J connectivity index is 1.76. The molecule has 0 unspecified atom stereocenters. The highest BCUT2D eigenvalue weighted by Crippen LogP contribution is 2.47. The van der Waals surface area contributed by atoms with Crippen LogP contribution in [0.4, 0.5) is 0 Å². The van der Waals surface area contributed by atoms with Crippen LogP contribution >= 0.6 is 11.8 Å². The lowest BCUT2D eigenvalue weighted by Crippen LogP contribution is -2.51. The van der Waals surface area contributed by atoms with Crippen LogP contribution in [-0.4, -0.2) is 33.4 Å². The van der Waals surface area contributed by atoms with Crippen LogP contribution in [0.5, 0.6) is 0 Å². The first kappa shape index (κ1) is 18.3. The molecule has 1 N–H and O–H groups in total. The largest absolute Gasteiger partial charge is 0.347 e. The van der Waals surface area contributed by atoms with E-state index in [0.29, 0.717) is 12.2 Å². The molecule has 25 heavy (non-hydrogen) atoms. The van der Waals surface area contributed by atoms with E-state index in [4.69, 9.17) is 0 Å². The van der Waals surface area contributed by atoms with E-state index in [1.54, 1.807) is 11.8 Å². The normalized spacial score (nSPS) is 26.8. The highest BCUT2D eigenvalue weighted by Gasteiger charge is 2.53. The summed E-state index contributed by atoms with van der Waals surface area (Å²) in [7, 11) is 0. The van der Waals surface area contributed by atoms with Crippen molar-refractivity contribution in [3.63, 3.8) is 0 Å². The number of hydrogen-bond donors (Lipinski definition) is 1. The second-order valence-electron chi connectivity index (χ2n) is 7.59. The van der Waals surface area contributed by atoms with Crippen molar-refractivity contribution in [2.45, 2.75) is 63.9 Å². The van der Waals surface area contributed by atoms with E-state index in [1.165, 1.54) is 5.56 Å².